The zero-order valence-electron chi connectivity index (χ0n) is 14.9. The van der Waals surface area contributed by atoms with Gasteiger partial charge in [0.15, 0.2) is 17.3 Å². The van der Waals surface area contributed by atoms with Crippen LogP contribution in [0.1, 0.15) is 21.5 Å². The third kappa shape index (κ3) is 2.99. The van der Waals surface area contributed by atoms with Crippen LogP contribution in [0, 0.1) is 18.3 Å². The Labute approximate surface area is 158 Å². The number of rotatable bonds is 4. The molecule has 0 saturated heterocycles. The number of nitriles is 1. The zero-order valence-corrected chi connectivity index (χ0v) is 14.9. The molecule has 3 rings (SSSR count). The monoisotopic (exact) mass is 378 g/mol. The van der Waals surface area contributed by atoms with E-state index in [0.29, 0.717) is 5.82 Å². The molecule has 0 aliphatic rings. The van der Waals surface area contributed by atoms with E-state index in [0.717, 1.165) is 4.57 Å². The van der Waals surface area contributed by atoms with E-state index in [9.17, 15) is 20.0 Å². The number of carbonyl (C=O) groups excluding carboxylic acids is 1. The van der Waals surface area contributed by atoms with Gasteiger partial charge < -0.3 is 10.8 Å². The normalized spacial score (nSPS) is 10.9. The van der Waals surface area contributed by atoms with Crippen molar-refractivity contribution in [3.05, 3.63) is 57.6 Å². The minimum absolute atomic E-state index is 0.0248. The van der Waals surface area contributed by atoms with Gasteiger partial charge in [0.25, 0.3) is 11.5 Å². The number of pyridine rings is 2. The number of primary amides is 1. The molecule has 3 aromatic rings. The van der Waals surface area contributed by atoms with E-state index >= 15 is 0 Å². The van der Waals surface area contributed by atoms with Crippen molar-refractivity contribution in [3.8, 4) is 17.8 Å². The number of aromatic hydroxyl groups is 1. The second-order valence-electron chi connectivity index (χ2n) is 5.69. The first kappa shape index (κ1) is 18.5. The highest BCUT2D eigenvalue weighted by Crippen LogP contribution is 2.28. The van der Waals surface area contributed by atoms with Crippen LogP contribution in [0.25, 0.3) is 5.82 Å². The number of nitrogens with zero attached hydrogens (tertiary/aromatic N) is 7. The Morgan fingerprint density at radius 2 is 2.11 bits per heavy atom. The van der Waals surface area contributed by atoms with E-state index < -0.39 is 17.3 Å². The van der Waals surface area contributed by atoms with Gasteiger partial charge in [-0.1, -0.05) is 6.07 Å². The highest BCUT2D eigenvalue weighted by Gasteiger charge is 2.20. The average Bonchev–Trinajstić information content (AvgIpc) is 3.11. The van der Waals surface area contributed by atoms with E-state index in [4.69, 9.17) is 5.73 Å². The van der Waals surface area contributed by atoms with Crippen molar-refractivity contribution in [2.75, 3.05) is 0 Å². The molecule has 3 heterocycles. The Kier molecular flexibility index (Phi) is 4.69. The standard InChI is InChI=1S/C17H14N8O3/c1-9-10(7-18)16(27)24(2)17(28)13(9)22-23-15-11(14(19)26)8-21-25(15)12-5-3-4-6-20-12/h3-6,8,27H,1-2H3,(H2,19,26). The third-order valence-electron chi connectivity index (χ3n) is 4.01. The molecule has 28 heavy (non-hydrogen) atoms. The van der Waals surface area contributed by atoms with Crippen LogP contribution in [0.2, 0.25) is 0 Å². The molecule has 0 radical (unpaired) electrons. The predicted octanol–water partition coefficient (Wildman–Crippen LogP) is 1.37. The van der Waals surface area contributed by atoms with Gasteiger partial charge in [0.05, 0.1) is 6.20 Å². The number of azo groups is 1. The summed E-state index contributed by atoms with van der Waals surface area (Å²) < 4.78 is 2.12. The molecule has 0 spiro atoms. The van der Waals surface area contributed by atoms with Gasteiger partial charge in [0, 0.05) is 18.8 Å². The van der Waals surface area contributed by atoms with Gasteiger partial charge in [-0.05, 0) is 19.1 Å². The first-order chi connectivity index (χ1) is 13.4. The second-order valence-corrected chi connectivity index (χ2v) is 5.69. The lowest BCUT2D eigenvalue weighted by Gasteiger charge is -2.08. The summed E-state index contributed by atoms with van der Waals surface area (Å²) in [5.41, 5.74) is 4.56. The first-order valence-corrected chi connectivity index (χ1v) is 7.90. The van der Waals surface area contributed by atoms with Crippen molar-refractivity contribution < 1.29 is 9.90 Å². The van der Waals surface area contributed by atoms with E-state index in [-0.39, 0.29) is 28.2 Å². The number of carbonyl (C=O) groups is 1. The van der Waals surface area contributed by atoms with Crippen molar-refractivity contribution in [2.45, 2.75) is 6.92 Å². The van der Waals surface area contributed by atoms with E-state index in [1.165, 1.54) is 31.0 Å². The highest BCUT2D eigenvalue weighted by molar-refractivity contribution is 5.97. The number of aromatic nitrogens is 4. The van der Waals surface area contributed by atoms with Crippen LogP contribution in [0.3, 0.4) is 0 Å². The van der Waals surface area contributed by atoms with Crippen LogP contribution in [0.4, 0.5) is 11.5 Å². The van der Waals surface area contributed by atoms with E-state index in [1.54, 1.807) is 18.2 Å². The number of amides is 1. The van der Waals surface area contributed by atoms with Crippen molar-refractivity contribution in [2.24, 2.45) is 23.0 Å². The molecule has 3 aromatic heterocycles. The van der Waals surface area contributed by atoms with Gasteiger partial charge in [0.1, 0.15) is 17.2 Å². The van der Waals surface area contributed by atoms with Crippen LogP contribution in [-0.4, -0.2) is 30.3 Å². The highest BCUT2D eigenvalue weighted by atomic mass is 16.3. The lowest BCUT2D eigenvalue weighted by atomic mass is 10.1. The maximum absolute atomic E-state index is 12.4. The molecule has 0 unspecified atom stereocenters. The lowest BCUT2D eigenvalue weighted by Crippen LogP contribution is -2.18. The lowest BCUT2D eigenvalue weighted by molar-refractivity contribution is 0.100. The molecule has 11 heteroatoms. The molecule has 0 aromatic carbocycles. The van der Waals surface area contributed by atoms with Gasteiger partial charge in [0.2, 0.25) is 5.88 Å². The zero-order chi connectivity index (χ0) is 20.4. The van der Waals surface area contributed by atoms with E-state index in [2.05, 4.69) is 20.3 Å². The number of hydrogen-bond donors (Lipinski definition) is 2. The molecule has 0 saturated carbocycles. The maximum atomic E-state index is 12.4. The fourth-order valence-corrected chi connectivity index (χ4v) is 2.48. The Balaban J connectivity index is 2.21. The number of nitrogens with two attached hydrogens (primary N) is 1. The minimum atomic E-state index is -0.788. The summed E-state index contributed by atoms with van der Waals surface area (Å²) in [7, 11) is 1.30. The molecule has 1 amide bonds. The Bertz CT molecular complexity index is 1200. The first-order valence-electron chi connectivity index (χ1n) is 7.90. The average molecular weight is 378 g/mol. The van der Waals surface area contributed by atoms with Crippen molar-refractivity contribution in [3.63, 3.8) is 0 Å². The van der Waals surface area contributed by atoms with Crippen LogP contribution in [-0.2, 0) is 7.05 Å². The molecule has 140 valence electrons. The van der Waals surface area contributed by atoms with Crippen molar-refractivity contribution >= 4 is 17.4 Å². The summed E-state index contributed by atoms with van der Waals surface area (Å²) in [6, 6.07) is 6.87. The SMILES string of the molecule is Cc1c(C#N)c(O)n(C)c(=O)c1N=Nc1c(C(N)=O)cnn1-c1ccccn1. The van der Waals surface area contributed by atoms with Gasteiger partial charge in [-0.25, -0.2) is 4.98 Å². The molecular weight excluding hydrogens is 364 g/mol. The molecule has 0 aliphatic carbocycles. The summed E-state index contributed by atoms with van der Waals surface area (Å²) in [6.45, 7) is 1.46. The fraction of sp³-hybridized carbons (Fsp3) is 0.118. The maximum Gasteiger partial charge on any atom is 0.281 e. The largest absolute Gasteiger partial charge is 0.493 e. The smallest absolute Gasteiger partial charge is 0.281 e. The molecule has 3 N–H and O–H groups in total. The molecular formula is C17H14N8O3. The fourth-order valence-electron chi connectivity index (χ4n) is 2.48. The van der Waals surface area contributed by atoms with Crippen LogP contribution >= 0.6 is 0 Å². The second kappa shape index (κ2) is 7.12. The quantitative estimate of drug-likeness (QED) is 0.651. The molecule has 0 aliphatic heterocycles. The summed E-state index contributed by atoms with van der Waals surface area (Å²) in [4.78, 5) is 28.3. The Hall–Kier alpha value is -4.33. The summed E-state index contributed by atoms with van der Waals surface area (Å²) in [5.74, 6) is -0.930. The van der Waals surface area contributed by atoms with Crippen molar-refractivity contribution in [1.29, 1.82) is 5.26 Å². The Morgan fingerprint density at radius 1 is 1.36 bits per heavy atom. The van der Waals surface area contributed by atoms with Crippen LogP contribution < -0.4 is 11.3 Å². The molecule has 0 fully saturated rings. The molecule has 0 atom stereocenters. The Morgan fingerprint density at radius 3 is 2.71 bits per heavy atom. The summed E-state index contributed by atoms with van der Waals surface area (Å²) >= 11 is 0. The number of hydrogen-bond acceptors (Lipinski definition) is 8. The third-order valence-corrected chi connectivity index (χ3v) is 4.01. The van der Waals surface area contributed by atoms with Crippen LogP contribution in [0.15, 0.2) is 45.6 Å². The minimum Gasteiger partial charge on any atom is -0.493 e. The topological polar surface area (TPSA) is 165 Å². The van der Waals surface area contributed by atoms with E-state index in [1.807, 2.05) is 6.07 Å². The molecule has 11 nitrogen and oxygen atoms in total. The van der Waals surface area contributed by atoms with Crippen molar-refractivity contribution in [1.82, 2.24) is 19.3 Å². The van der Waals surface area contributed by atoms with Crippen LogP contribution in [0.5, 0.6) is 5.88 Å². The summed E-state index contributed by atoms with van der Waals surface area (Å²) in [5, 5.41) is 31.1. The van der Waals surface area contributed by atoms with Gasteiger partial charge in [-0.3, -0.25) is 14.2 Å². The van der Waals surface area contributed by atoms with Gasteiger partial charge in [-0.15, -0.1) is 10.2 Å². The summed E-state index contributed by atoms with van der Waals surface area (Å²) in [6.07, 6.45) is 2.74. The van der Waals surface area contributed by atoms with Gasteiger partial charge in [-0.2, -0.15) is 15.0 Å². The predicted molar refractivity (Wildman–Crippen MR) is 96.9 cm³/mol. The molecule has 0 bridgehead atoms. The van der Waals surface area contributed by atoms with Gasteiger partial charge >= 0.3 is 0 Å².